The summed E-state index contributed by atoms with van der Waals surface area (Å²) in [6.45, 7) is 2.45. The Morgan fingerprint density at radius 3 is 2.29 bits per heavy atom. The van der Waals surface area contributed by atoms with Gasteiger partial charge in [0, 0.05) is 19.6 Å². The molecule has 1 heterocycles. The summed E-state index contributed by atoms with van der Waals surface area (Å²) in [6.07, 6.45) is 0. The van der Waals surface area contributed by atoms with Crippen molar-refractivity contribution in [1.82, 2.24) is 15.1 Å². The third kappa shape index (κ3) is 3.89. The minimum absolute atomic E-state index is 0.245. The number of carbonyl (C=O) groups is 4. The Morgan fingerprint density at radius 2 is 1.71 bits per heavy atom. The highest BCUT2D eigenvalue weighted by Gasteiger charge is 2.33. The average Bonchev–Trinajstić information content (AvgIpc) is 2.57. The second kappa shape index (κ2) is 7.58. The molecule has 0 aliphatic carbocycles. The summed E-state index contributed by atoms with van der Waals surface area (Å²) >= 11 is 0. The number of piperazine rings is 1. The number of hydrogen-bond donors (Lipinski definition) is 2. The van der Waals surface area contributed by atoms with Crippen molar-refractivity contribution in [2.24, 2.45) is 0 Å². The molecule has 1 atom stereocenters. The van der Waals surface area contributed by atoms with E-state index >= 15 is 0 Å². The molecule has 1 aliphatic rings. The van der Waals surface area contributed by atoms with Crippen molar-refractivity contribution in [3.63, 3.8) is 0 Å². The smallest absolute Gasteiger partial charge is 0.330 e. The Kier molecular flexibility index (Phi) is 5.51. The molecule has 1 aromatic rings. The van der Waals surface area contributed by atoms with E-state index < -0.39 is 29.7 Å². The SMILES string of the molecule is CCN1CCN(CC(=O)N[C@H](C(=O)O)c2ccccc2)C(=O)C1=O. The number of benzene rings is 1. The van der Waals surface area contributed by atoms with Crippen LogP contribution < -0.4 is 5.32 Å². The topological polar surface area (TPSA) is 107 Å². The largest absolute Gasteiger partial charge is 0.479 e. The van der Waals surface area contributed by atoms with Crippen LogP contribution in [0.25, 0.3) is 0 Å². The third-order valence-corrected chi connectivity index (χ3v) is 3.80. The molecular formula is C16H19N3O5. The molecule has 1 aliphatic heterocycles. The molecule has 3 amide bonds. The predicted octanol–water partition coefficient (Wildman–Crippen LogP) is -0.381. The number of carbonyl (C=O) groups excluding carboxylic acids is 3. The molecule has 24 heavy (non-hydrogen) atoms. The van der Waals surface area contributed by atoms with Crippen LogP contribution in [0.2, 0.25) is 0 Å². The molecule has 1 fully saturated rings. The minimum atomic E-state index is -1.21. The van der Waals surface area contributed by atoms with Gasteiger partial charge in [-0.25, -0.2) is 4.79 Å². The van der Waals surface area contributed by atoms with Crippen LogP contribution >= 0.6 is 0 Å². The average molecular weight is 333 g/mol. The van der Waals surface area contributed by atoms with E-state index in [1.54, 1.807) is 37.3 Å². The second-order valence-electron chi connectivity index (χ2n) is 5.36. The van der Waals surface area contributed by atoms with Gasteiger partial charge in [-0.15, -0.1) is 0 Å². The fraction of sp³-hybridized carbons (Fsp3) is 0.375. The number of amides is 3. The van der Waals surface area contributed by atoms with Gasteiger partial charge < -0.3 is 20.2 Å². The van der Waals surface area contributed by atoms with Gasteiger partial charge in [-0.1, -0.05) is 30.3 Å². The van der Waals surface area contributed by atoms with Crippen molar-refractivity contribution >= 4 is 23.7 Å². The molecule has 1 aromatic carbocycles. The lowest BCUT2D eigenvalue weighted by atomic mass is 10.1. The summed E-state index contributed by atoms with van der Waals surface area (Å²) in [5, 5.41) is 11.7. The van der Waals surface area contributed by atoms with E-state index in [2.05, 4.69) is 5.32 Å². The molecule has 1 saturated heterocycles. The van der Waals surface area contributed by atoms with Gasteiger partial charge in [-0.05, 0) is 12.5 Å². The van der Waals surface area contributed by atoms with Gasteiger partial charge >= 0.3 is 17.8 Å². The van der Waals surface area contributed by atoms with Crippen molar-refractivity contribution in [3.8, 4) is 0 Å². The zero-order valence-corrected chi connectivity index (χ0v) is 13.3. The fourth-order valence-electron chi connectivity index (χ4n) is 2.48. The minimum Gasteiger partial charge on any atom is -0.479 e. The maximum absolute atomic E-state index is 12.1. The summed E-state index contributed by atoms with van der Waals surface area (Å²) in [7, 11) is 0. The van der Waals surface area contributed by atoms with Crippen molar-refractivity contribution in [1.29, 1.82) is 0 Å². The van der Waals surface area contributed by atoms with E-state index in [1.807, 2.05) is 0 Å². The summed E-state index contributed by atoms with van der Waals surface area (Å²) < 4.78 is 0. The van der Waals surface area contributed by atoms with Crippen LogP contribution in [-0.4, -0.2) is 64.8 Å². The molecule has 0 aromatic heterocycles. The lowest BCUT2D eigenvalue weighted by Gasteiger charge is -2.32. The van der Waals surface area contributed by atoms with Gasteiger partial charge in [-0.3, -0.25) is 14.4 Å². The van der Waals surface area contributed by atoms with Crippen LogP contribution in [0.1, 0.15) is 18.5 Å². The molecule has 2 rings (SSSR count). The van der Waals surface area contributed by atoms with Crippen molar-refractivity contribution in [3.05, 3.63) is 35.9 Å². The second-order valence-corrected chi connectivity index (χ2v) is 5.36. The van der Waals surface area contributed by atoms with Gasteiger partial charge in [0.05, 0.1) is 0 Å². The summed E-state index contributed by atoms with van der Waals surface area (Å²) in [4.78, 5) is 49.8. The Balaban J connectivity index is 2.00. The number of rotatable bonds is 6. The van der Waals surface area contributed by atoms with Crippen LogP contribution in [0.5, 0.6) is 0 Å². The Morgan fingerprint density at radius 1 is 1.12 bits per heavy atom. The summed E-state index contributed by atoms with van der Waals surface area (Å²) in [5.41, 5.74) is 0.427. The molecule has 8 heteroatoms. The first-order chi connectivity index (χ1) is 11.4. The van der Waals surface area contributed by atoms with Gasteiger partial charge in [0.15, 0.2) is 6.04 Å². The molecule has 0 unspecified atom stereocenters. The molecule has 2 N–H and O–H groups in total. The predicted molar refractivity (Wildman–Crippen MR) is 83.8 cm³/mol. The van der Waals surface area contributed by atoms with E-state index in [0.717, 1.165) is 4.90 Å². The zero-order chi connectivity index (χ0) is 17.7. The highest BCUT2D eigenvalue weighted by atomic mass is 16.4. The van der Waals surface area contributed by atoms with Gasteiger partial charge in [0.25, 0.3) is 0 Å². The molecule has 0 saturated carbocycles. The highest BCUT2D eigenvalue weighted by molar-refractivity contribution is 6.35. The molecule has 0 bridgehead atoms. The fourth-order valence-corrected chi connectivity index (χ4v) is 2.48. The maximum Gasteiger partial charge on any atom is 0.330 e. The van der Waals surface area contributed by atoms with Crippen LogP contribution in [0.3, 0.4) is 0 Å². The van der Waals surface area contributed by atoms with Crippen LogP contribution in [0, 0.1) is 0 Å². The number of carboxylic acid groups (broad SMARTS) is 1. The van der Waals surface area contributed by atoms with Crippen molar-refractivity contribution in [2.75, 3.05) is 26.2 Å². The summed E-state index contributed by atoms with van der Waals surface area (Å²) in [5.74, 6) is -3.22. The molecule has 128 valence electrons. The number of nitrogens with zero attached hydrogens (tertiary/aromatic N) is 2. The monoisotopic (exact) mass is 333 g/mol. The highest BCUT2D eigenvalue weighted by Crippen LogP contribution is 2.13. The zero-order valence-electron chi connectivity index (χ0n) is 13.3. The first kappa shape index (κ1) is 17.5. The van der Waals surface area contributed by atoms with Gasteiger partial charge in [-0.2, -0.15) is 0 Å². The molecule has 0 spiro atoms. The molecule has 0 radical (unpaired) electrons. The number of aliphatic carboxylic acids is 1. The first-order valence-corrected chi connectivity index (χ1v) is 7.59. The lowest BCUT2D eigenvalue weighted by Crippen LogP contribution is -2.56. The summed E-state index contributed by atoms with van der Waals surface area (Å²) in [6, 6.07) is 7.05. The lowest BCUT2D eigenvalue weighted by molar-refractivity contribution is -0.156. The van der Waals surface area contributed by atoms with Crippen LogP contribution in [-0.2, 0) is 19.2 Å². The van der Waals surface area contributed by atoms with Gasteiger partial charge in [0.1, 0.15) is 6.54 Å². The van der Waals surface area contributed by atoms with E-state index in [1.165, 1.54) is 4.90 Å². The van der Waals surface area contributed by atoms with Crippen LogP contribution in [0.15, 0.2) is 30.3 Å². The Hall–Kier alpha value is -2.90. The quantitative estimate of drug-likeness (QED) is 0.690. The Bertz CT molecular complexity index is 646. The van der Waals surface area contributed by atoms with Crippen LogP contribution in [0.4, 0.5) is 0 Å². The standard InChI is InChI=1S/C16H19N3O5/c1-2-18-8-9-19(15(22)14(18)21)10-12(20)17-13(16(23)24)11-6-4-3-5-7-11/h3-7,13H,2,8-10H2,1H3,(H,17,20)(H,23,24)/t13-/m0/s1. The third-order valence-electron chi connectivity index (χ3n) is 3.80. The van der Waals surface area contributed by atoms with Crippen molar-refractivity contribution in [2.45, 2.75) is 13.0 Å². The first-order valence-electron chi connectivity index (χ1n) is 7.59. The normalized spacial score (nSPS) is 16.0. The Labute approximate surface area is 139 Å². The van der Waals surface area contributed by atoms with Crippen molar-refractivity contribution < 1.29 is 24.3 Å². The number of nitrogens with one attached hydrogen (secondary N) is 1. The van der Waals surface area contributed by atoms with E-state index in [9.17, 15) is 24.3 Å². The number of carboxylic acids is 1. The van der Waals surface area contributed by atoms with Gasteiger partial charge in [0.2, 0.25) is 5.91 Å². The molecule has 8 nitrogen and oxygen atoms in total. The van der Waals surface area contributed by atoms with E-state index in [-0.39, 0.29) is 13.1 Å². The number of hydrogen-bond acceptors (Lipinski definition) is 4. The maximum atomic E-state index is 12.1. The number of likely N-dealkylation sites (N-methyl/N-ethyl adjacent to an activating group) is 1. The van der Waals surface area contributed by atoms with E-state index in [4.69, 9.17) is 0 Å². The molecular weight excluding hydrogens is 314 g/mol. The van der Waals surface area contributed by atoms with E-state index in [0.29, 0.717) is 18.7 Å².